The summed E-state index contributed by atoms with van der Waals surface area (Å²) >= 11 is 0. The summed E-state index contributed by atoms with van der Waals surface area (Å²) in [6.07, 6.45) is 1.68. The van der Waals surface area contributed by atoms with Gasteiger partial charge in [0.2, 0.25) is 0 Å². The molecule has 1 unspecified atom stereocenters. The molecule has 4 nitrogen and oxygen atoms in total. The molecule has 0 aromatic rings. The van der Waals surface area contributed by atoms with Gasteiger partial charge in [0.25, 0.3) is 0 Å². The topological polar surface area (TPSA) is 40.2 Å². The Balaban J connectivity index is 1.77. The van der Waals surface area contributed by atoms with Crippen LogP contribution in [0.3, 0.4) is 0 Å². The van der Waals surface area contributed by atoms with Gasteiger partial charge < -0.3 is 18.6 Å². The Kier molecular flexibility index (Phi) is 3.62. The van der Waals surface area contributed by atoms with Crippen molar-refractivity contribution >= 4 is 8.32 Å². The summed E-state index contributed by atoms with van der Waals surface area (Å²) in [5.74, 6) is -0.0793. The van der Waals surface area contributed by atoms with Crippen LogP contribution in [0.4, 0.5) is 0 Å². The van der Waals surface area contributed by atoms with Crippen LogP contribution in [0.15, 0.2) is 0 Å². The molecule has 122 valence electrons. The Labute approximate surface area is 129 Å². The zero-order chi connectivity index (χ0) is 15.6. The first kappa shape index (κ1) is 15.9. The second-order valence-corrected chi connectivity index (χ2v) is 13.5. The van der Waals surface area contributed by atoms with E-state index < -0.39 is 14.1 Å². The molecule has 2 aliphatic heterocycles. The van der Waals surface area contributed by atoms with Crippen molar-refractivity contribution in [2.45, 2.75) is 89.4 Å². The second-order valence-electron chi connectivity index (χ2n) is 8.75. The number of epoxide rings is 1. The number of hydrogen-bond acceptors (Lipinski definition) is 4. The monoisotopic (exact) mass is 314 g/mol. The molecule has 5 atom stereocenters. The van der Waals surface area contributed by atoms with Crippen LogP contribution in [0, 0.1) is 5.92 Å². The predicted molar refractivity (Wildman–Crippen MR) is 83.7 cm³/mol. The van der Waals surface area contributed by atoms with Crippen LogP contribution in [0.2, 0.25) is 18.1 Å². The summed E-state index contributed by atoms with van der Waals surface area (Å²) in [5.41, 5.74) is 0. The molecule has 3 aliphatic rings. The van der Waals surface area contributed by atoms with Gasteiger partial charge in [0.15, 0.2) is 14.1 Å². The third-order valence-corrected chi connectivity index (χ3v) is 10.0. The van der Waals surface area contributed by atoms with E-state index in [0.29, 0.717) is 12.0 Å². The number of fused-ring (bicyclic) bond motifs is 1. The van der Waals surface area contributed by atoms with Gasteiger partial charge in [-0.15, -0.1) is 0 Å². The van der Waals surface area contributed by atoms with Gasteiger partial charge in [-0.3, -0.25) is 0 Å². The van der Waals surface area contributed by atoms with E-state index in [2.05, 4.69) is 33.9 Å². The molecule has 21 heavy (non-hydrogen) atoms. The van der Waals surface area contributed by atoms with Gasteiger partial charge in [0.05, 0.1) is 24.9 Å². The molecule has 0 amide bonds. The van der Waals surface area contributed by atoms with Crippen LogP contribution in [0.1, 0.15) is 41.0 Å². The first-order valence-electron chi connectivity index (χ1n) is 8.15. The number of hydrogen-bond donors (Lipinski definition) is 0. The fraction of sp³-hybridized carbons (Fsp3) is 1.00. The van der Waals surface area contributed by atoms with Crippen LogP contribution in [-0.4, -0.2) is 45.1 Å². The Morgan fingerprint density at radius 1 is 1.10 bits per heavy atom. The van der Waals surface area contributed by atoms with E-state index in [1.54, 1.807) is 0 Å². The fourth-order valence-corrected chi connectivity index (χ4v) is 4.65. The molecule has 0 radical (unpaired) electrons. The van der Waals surface area contributed by atoms with Gasteiger partial charge in [0, 0.05) is 5.92 Å². The molecule has 2 heterocycles. The summed E-state index contributed by atoms with van der Waals surface area (Å²) in [6.45, 7) is 16.3. The first-order valence-corrected chi connectivity index (χ1v) is 11.1. The van der Waals surface area contributed by atoms with Crippen LogP contribution in [0.5, 0.6) is 0 Å². The van der Waals surface area contributed by atoms with Crippen molar-refractivity contribution in [2.75, 3.05) is 6.61 Å². The number of rotatable bonds is 3. The lowest BCUT2D eigenvalue weighted by Gasteiger charge is -2.39. The number of ether oxygens (including phenoxy) is 3. The SMILES string of the molecule is CC1(C)O[C@@H]2[C@H](O1)[C@@H](O[Si](C)(C)C(C)(C)C)C[C@H]2C1CO1. The maximum Gasteiger partial charge on any atom is 0.192 e. The van der Waals surface area contributed by atoms with Gasteiger partial charge in [-0.25, -0.2) is 0 Å². The van der Waals surface area contributed by atoms with Crippen molar-refractivity contribution in [3.8, 4) is 0 Å². The lowest BCUT2D eigenvalue weighted by molar-refractivity contribution is -0.166. The molecule has 0 aromatic heterocycles. The second kappa shape index (κ2) is 4.77. The highest BCUT2D eigenvalue weighted by atomic mass is 28.4. The Hall–Kier alpha value is 0.0569. The minimum absolute atomic E-state index is 0.0586. The highest BCUT2D eigenvalue weighted by Gasteiger charge is 2.59. The van der Waals surface area contributed by atoms with Crippen LogP contribution in [-0.2, 0) is 18.6 Å². The van der Waals surface area contributed by atoms with Gasteiger partial charge >= 0.3 is 0 Å². The van der Waals surface area contributed by atoms with Crippen molar-refractivity contribution in [3.63, 3.8) is 0 Å². The lowest BCUT2D eigenvalue weighted by Crippen LogP contribution is -2.46. The van der Waals surface area contributed by atoms with Crippen molar-refractivity contribution in [2.24, 2.45) is 5.92 Å². The molecule has 5 heteroatoms. The van der Waals surface area contributed by atoms with Crippen molar-refractivity contribution in [1.29, 1.82) is 0 Å². The molecular weight excluding hydrogens is 284 g/mol. The van der Waals surface area contributed by atoms with Gasteiger partial charge in [-0.1, -0.05) is 20.8 Å². The zero-order valence-corrected chi connectivity index (χ0v) is 15.4. The average Bonchev–Trinajstić information content (AvgIpc) is 3.01. The van der Waals surface area contributed by atoms with E-state index in [1.807, 2.05) is 13.8 Å². The van der Waals surface area contributed by atoms with E-state index >= 15 is 0 Å². The molecule has 1 saturated carbocycles. The van der Waals surface area contributed by atoms with Gasteiger partial charge in [-0.05, 0) is 38.4 Å². The smallest absolute Gasteiger partial charge is 0.192 e. The van der Waals surface area contributed by atoms with Gasteiger partial charge in [-0.2, -0.15) is 0 Å². The zero-order valence-electron chi connectivity index (χ0n) is 14.4. The van der Waals surface area contributed by atoms with E-state index in [4.69, 9.17) is 18.6 Å². The van der Waals surface area contributed by atoms with E-state index in [1.165, 1.54) is 0 Å². The molecule has 0 spiro atoms. The first-order chi connectivity index (χ1) is 9.50. The fourth-order valence-electron chi connectivity index (χ4n) is 3.31. The molecule has 0 bridgehead atoms. The standard InChI is InChI=1S/C16H30O4Si/c1-15(2,3)21(6,7)20-11-8-10(12-9-17-12)13-14(11)19-16(4,5)18-13/h10-14H,8-9H2,1-7H3/t10-,11-,12?,13-,14+/m0/s1. The predicted octanol–water partition coefficient (Wildman–Crippen LogP) is 3.32. The maximum absolute atomic E-state index is 6.66. The van der Waals surface area contributed by atoms with Crippen molar-refractivity contribution < 1.29 is 18.6 Å². The van der Waals surface area contributed by atoms with Crippen LogP contribution < -0.4 is 0 Å². The van der Waals surface area contributed by atoms with Crippen molar-refractivity contribution in [3.05, 3.63) is 0 Å². The van der Waals surface area contributed by atoms with Crippen LogP contribution in [0.25, 0.3) is 0 Å². The third-order valence-electron chi connectivity index (χ3n) is 5.55. The summed E-state index contributed by atoms with van der Waals surface area (Å²) < 4.78 is 24.5. The van der Waals surface area contributed by atoms with E-state index in [-0.39, 0.29) is 23.4 Å². The maximum atomic E-state index is 6.66. The van der Waals surface area contributed by atoms with Crippen molar-refractivity contribution in [1.82, 2.24) is 0 Å². The molecule has 0 aromatic carbocycles. The van der Waals surface area contributed by atoms with Gasteiger partial charge in [0.1, 0.15) is 6.10 Å². The molecule has 3 fully saturated rings. The van der Waals surface area contributed by atoms with E-state index in [0.717, 1.165) is 13.0 Å². The molecular formula is C16H30O4Si. The minimum Gasteiger partial charge on any atom is -0.411 e. The molecule has 1 aliphatic carbocycles. The molecule has 0 N–H and O–H groups in total. The summed E-state index contributed by atoms with van der Waals surface area (Å²) in [5, 5.41) is 0.214. The highest BCUT2D eigenvalue weighted by molar-refractivity contribution is 6.74. The molecule has 2 saturated heterocycles. The third kappa shape index (κ3) is 2.95. The Morgan fingerprint density at radius 3 is 2.19 bits per heavy atom. The normalized spacial score (nSPS) is 42.1. The lowest BCUT2D eigenvalue weighted by atomic mass is 10.0. The average molecular weight is 314 g/mol. The summed E-state index contributed by atoms with van der Waals surface area (Å²) in [4.78, 5) is 0. The summed E-state index contributed by atoms with van der Waals surface area (Å²) in [7, 11) is -1.80. The minimum atomic E-state index is -1.80. The quantitative estimate of drug-likeness (QED) is 0.592. The largest absolute Gasteiger partial charge is 0.411 e. The Morgan fingerprint density at radius 2 is 1.67 bits per heavy atom. The molecule has 3 rings (SSSR count). The van der Waals surface area contributed by atoms with E-state index in [9.17, 15) is 0 Å². The van der Waals surface area contributed by atoms with Crippen LogP contribution >= 0.6 is 0 Å². The summed E-state index contributed by atoms with van der Waals surface area (Å²) in [6, 6.07) is 0. The Bertz CT molecular complexity index is 411. The highest BCUT2D eigenvalue weighted by Crippen LogP contribution is 2.49.